The SMILES string of the molecule is CCCC(N)CC(=O)Nc1ccccc1S(=O)(=O)NCC. The van der Waals surface area contributed by atoms with Gasteiger partial charge in [0.05, 0.1) is 5.69 Å². The fraction of sp³-hybridized carbons (Fsp3) is 0.500. The van der Waals surface area contributed by atoms with Crippen molar-refractivity contribution in [3.05, 3.63) is 24.3 Å². The van der Waals surface area contributed by atoms with Crippen LogP contribution in [0.4, 0.5) is 5.69 Å². The van der Waals surface area contributed by atoms with Gasteiger partial charge in [-0.05, 0) is 18.6 Å². The molecule has 1 aromatic rings. The molecule has 1 rings (SSSR count). The highest BCUT2D eigenvalue weighted by atomic mass is 32.2. The minimum Gasteiger partial charge on any atom is -0.327 e. The molecule has 0 radical (unpaired) electrons. The molecule has 118 valence electrons. The number of nitrogens with one attached hydrogen (secondary N) is 2. The average Bonchev–Trinajstić information content (AvgIpc) is 2.39. The van der Waals surface area contributed by atoms with Gasteiger partial charge < -0.3 is 11.1 Å². The Morgan fingerprint density at radius 1 is 1.29 bits per heavy atom. The number of rotatable bonds is 8. The van der Waals surface area contributed by atoms with Gasteiger partial charge in [-0.25, -0.2) is 13.1 Å². The van der Waals surface area contributed by atoms with E-state index in [9.17, 15) is 13.2 Å². The molecule has 0 saturated heterocycles. The highest BCUT2D eigenvalue weighted by molar-refractivity contribution is 7.89. The Balaban J connectivity index is 2.87. The van der Waals surface area contributed by atoms with E-state index >= 15 is 0 Å². The largest absolute Gasteiger partial charge is 0.327 e. The number of carbonyl (C=O) groups excluding carboxylic acids is 1. The van der Waals surface area contributed by atoms with Crippen molar-refractivity contribution in [3.63, 3.8) is 0 Å². The van der Waals surface area contributed by atoms with Crippen LogP contribution in [0.3, 0.4) is 0 Å². The predicted molar refractivity (Wildman–Crippen MR) is 83.4 cm³/mol. The van der Waals surface area contributed by atoms with E-state index in [1.165, 1.54) is 6.07 Å². The molecule has 1 unspecified atom stereocenters. The van der Waals surface area contributed by atoms with Crippen LogP contribution in [0.2, 0.25) is 0 Å². The normalized spacial score (nSPS) is 12.9. The van der Waals surface area contributed by atoms with Gasteiger partial charge in [0.2, 0.25) is 15.9 Å². The van der Waals surface area contributed by atoms with E-state index in [-0.39, 0.29) is 35.5 Å². The fourth-order valence-corrected chi connectivity index (χ4v) is 3.19. The number of hydrogen-bond acceptors (Lipinski definition) is 4. The van der Waals surface area contributed by atoms with Crippen LogP contribution in [0.15, 0.2) is 29.2 Å². The standard InChI is InChI=1S/C14H23N3O3S/c1-3-7-11(15)10-14(18)17-12-8-5-6-9-13(12)21(19,20)16-4-2/h5-6,8-9,11,16H,3-4,7,10,15H2,1-2H3,(H,17,18). The Bertz CT molecular complexity index is 573. The molecule has 0 fully saturated rings. The zero-order valence-corrected chi connectivity index (χ0v) is 13.2. The third kappa shape index (κ3) is 5.45. The summed E-state index contributed by atoms with van der Waals surface area (Å²) < 4.78 is 26.6. The molecular weight excluding hydrogens is 290 g/mol. The van der Waals surface area contributed by atoms with Gasteiger partial charge in [0.1, 0.15) is 4.90 Å². The van der Waals surface area contributed by atoms with E-state index in [0.717, 1.165) is 12.8 Å². The number of anilines is 1. The molecular formula is C14H23N3O3S. The number of sulfonamides is 1. The minimum absolute atomic E-state index is 0.0595. The Morgan fingerprint density at radius 2 is 1.95 bits per heavy atom. The second kappa shape index (κ2) is 8.11. The van der Waals surface area contributed by atoms with Crippen LogP contribution in [0, 0.1) is 0 Å². The van der Waals surface area contributed by atoms with Crippen LogP contribution in [-0.2, 0) is 14.8 Å². The molecule has 0 spiro atoms. The maximum atomic E-state index is 12.1. The number of amides is 1. The van der Waals surface area contributed by atoms with Crippen LogP contribution >= 0.6 is 0 Å². The van der Waals surface area contributed by atoms with Crippen molar-refractivity contribution in [1.29, 1.82) is 0 Å². The zero-order chi connectivity index (χ0) is 15.9. The third-order valence-electron chi connectivity index (χ3n) is 2.89. The van der Waals surface area contributed by atoms with Crippen molar-refractivity contribution in [2.75, 3.05) is 11.9 Å². The Labute approximate surface area is 126 Å². The highest BCUT2D eigenvalue weighted by Crippen LogP contribution is 2.20. The summed E-state index contributed by atoms with van der Waals surface area (Å²) in [7, 11) is -3.62. The first-order valence-corrected chi connectivity index (χ1v) is 8.53. The van der Waals surface area contributed by atoms with Crippen molar-refractivity contribution in [1.82, 2.24) is 4.72 Å². The van der Waals surface area contributed by atoms with Crippen LogP contribution in [0.25, 0.3) is 0 Å². The molecule has 7 heteroatoms. The molecule has 0 aliphatic carbocycles. The van der Waals surface area contributed by atoms with Gasteiger partial charge in [-0.3, -0.25) is 4.79 Å². The van der Waals surface area contributed by atoms with Gasteiger partial charge in [-0.1, -0.05) is 32.4 Å². The van der Waals surface area contributed by atoms with Crippen LogP contribution < -0.4 is 15.8 Å². The third-order valence-corrected chi connectivity index (χ3v) is 4.50. The lowest BCUT2D eigenvalue weighted by Gasteiger charge is -2.13. The smallest absolute Gasteiger partial charge is 0.242 e. The van der Waals surface area contributed by atoms with Gasteiger partial charge in [-0.2, -0.15) is 0 Å². The zero-order valence-electron chi connectivity index (χ0n) is 12.4. The molecule has 0 saturated carbocycles. The molecule has 6 nitrogen and oxygen atoms in total. The Morgan fingerprint density at radius 3 is 2.57 bits per heavy atom. The molecule has 0 aliphatic heterocycles. The van der Waals surface area contributed by atoms with E-state index in [1.807, 2.05) is 6.92 Å². The van der Waals surface area contributed by atoms with Crippen molar-refractivity contribution >= 4 is 21.6 Å². The summed E-state index contributed by atoms with van der Waals surface area (Å²) >= 11 is 0. The van der Waals surface area contributed by atoms with Gasteiger partial charge in [-0.15, -0.1) is 0 Å². The maximum absolute atomic E-state index is 12.1. The van der Waals surface area contributed by atoms with E-state index in [4.69, 9.17) is 5.73 Å². The first kappa shape index (κ1) is 17.6. The highest BCUT2D eigenvalue weighted by Gasteiger charge is 2.19. The van der Waals surface area contributed by atoms with E-state index in [1.54, 1.807) is 25.1 Å². The van der Waals surface area contributed by atoms with Gasteiger partial charge in [0.25, 0.3) is 0 Å². The summed E-state index contributed by atoms with van der Waals surface area (Å²) in [6.45, 7) is 3.98. The van der Waals surface area contributed by atoms with Crippen molar-refractivity contribution in [3.8, 4) is 0 Å². The summed E-state index contributed by atoms with van der Waals surface area (Å²) in [6.07, 6.45) is 1.83. The lowest BCUT2D eigenvalue weighted by atomic mass is 10.1. The Hall–Kier alpha value is -1.44. The minimum atomic E-state index is -3.62. The van der Waals surface area contributed by atoms with E-state index in [2.05, 4.69) is 10.0 Å². The summed E-state index contributed by atoms with van der Waals surface area (Å²) in [6, 6.07) is 6.09. The molecule has 0 bridgehead atoms. The fourth-order valence-electron chi connectivity index (χ4n) is 1.98. The second-order valence-corrected chi connectivity index (χ2v) is 6.53. The van der Waals surface area contributed by atoms with Crippen LogP contribution in [0.1, 0.15) is 33.1 Å². The van der Waals surface area contributed by atoms with Gasteiger partial charge in [0.15, 0.2) is 0 Å². The maximum Gasteiger partial charge on any atom is 0.242 e. The summed E-state index contributed by atoms with van der Waals surface area (Å²) in [4.78, 5) is 12.0. The summed E-state index contributed by atoms with van der Waals surface area (Å²) in [5, 5.41) is 2.63. The van der Waals surface area contributed by atoms with Crippen LogP contribution in [0.5, 0.6) is 0 Å². The number of hydrogen-bond donors (Lipinski definition) is 3. The topological polar surface area (TPSA) is 101 Å². The number of para-hydroxylation sites is 1. The number of nitrogens with two attached hydrogens (primary N) is 1. The van der Waals surface area contributed by atoms with E-state index < -0.39 is 10.0 Å². The summed E-state index contributed by atoms with van der Waals surface area (Å²) in [5.41, 5.74) is 6.09. The molecule has 1 amide bonds. The predicted octanol–water partition coefficient (Wildman–Crippen LogP) is 1.44. The van der Waals surface area contributed by atoms with E-state index in [0.29, 0.717) is 0 Å². The monoisotopic (exact) mass is 313 g/mol. The first-order chi connectivity index (χ1) is 9.90. The Kier molecular flexibility index (Phi) is 6.80. The van der Waals surface area contributed by atoms with Crippen LogP contribution in [-0.4, -0.2) is 26.9 Å². The summed E-state index contributed by atoms with van der Waals surface area (Å²) in [5.74, 6) is -0.282. The molecule has 0 heterocycles. The lowest BCUT2D eigenvalue weighted by Crippen LogP contribution is -2.28. The van der Waals surface area contributed by atoms with Gasteiger partial charge in [0, 0.05) is 19.0 Å². The molecule has 1 atom stereocenters. The quantitative estimate of drug-likeness (QED) is 0.676. The molecule has 1 aromatic carbocycles. The number of carbonyl (C=O) groups is 1. The molecule has 21 heavy (non-hydrogen) atoms. The molecule has 4 N–H and O–H groups in total. The second-order valence-electron chi connectivity index (χ2n) is 4.80. The van der Waals surface area contributed by atoms with Crippen molar-refractivity contribution < 1.29 is 13.2 Å². The van der Waals surface area contributed by atoms with Gasteiger partial charge >= 0.3 is 0 Å². The molecule has 0 aromatic heterocycles. The van der Waals surface area contributed by atoms with Crippen molar-refractivity contribution in [2.24, 2.45) is 5.73 Å². The number of benzene rings is 1. The van der Waals surface area contributed by atoms with Crippen molar-refractivity contribution in [2.45, 2.75) is 44.0 Å². The lowest BCUT2D eigenvalue weighted by molar-refractivity contribution is -0.116. The average molecular weight is 313 g/mol. The molecule has 0 aliphatic rings. The first-order valence-electron chi connectivity index (χ1n) is 7.04.